The molecule has 0 unspecified atom stereocenters. The second kappa shape index (κ2) is 30.9. The second-order valence-corrected chi connectivity index (χ2v) is 9.87. The van der Waals surface area contributed by atoms with E-state index in [0.717, 1.165) is 46.6 Å². The van der Waals surface area contributed by atoms with E-state index < -0.39 is 23.9 Å². The maximum atomic E-state index is 10.1. The molecule has 0 heterocycles. The monoisotopic (exact) mass is 728 g/mol. The molecule has 4 rings (SSSR count). The minimum absolute atomic E-state index is 0. The zero-order valence-corrected chi connectivity index (χ0v) is 28.2. The Labute approximate surface area is 314 Å². The first-order valence-corrected chi connectivity index (χ1v) is 15.7. The van der Waals surface area contributed by atoms with Gasteiger partial charge in [-0.05, 0) is 33.2 Å². The third-order valence-electron chi connectivity index (χ3n) is 5.75. The molecule has 0 radical (unpaired) electrons. The van der Waals surface area contributed by atoms with Crippen LogP contribution in [0.1, 0.15) is 22.3 Å². The van der Waals surface area contributed by atoms with E-state index >= 15 is 0 Å². The minimum Gasteiger partial charge on any atom is -0.478 e. The fraction of sp³-hybridized carbons (Fsp3) is 0. The smallest absolute Gasteiger partial charge is 0.328 e. The summed E-state index contributed by atoms with van der Waals surface area (Å²) >= 11 is 0. The molecule has 0 amide bonds. The lowest BCUT2D eigenvalue weighted by molar-refractivity contribution is -0.132. The molecule has 0 aromatic heterocycles. The van der Waals surface area contributed by atoms with E-state index in [1.54, 1.807) is 24.3 Å². The number of hydrogen-bond acceptors (Lipinski definition) is 4. The largest absolute Gasteiger partial charge is 0.478 e. The highest BCUT2D eigenvalue weighted by atomic mass is 28.1. The maximum Gasteiger partial charge on any atom is 0.328 e. The zero-order valence-electron chi connectivity index (χ0n) is 28.2. The molecule has 4 aromatic carbocycles. The van der Waals surface area contributed by atoms with Crippen molar-refractivity contribution in [1.29, 1.82) is 0 Å². The number of hydrogen-bond donors (Lipinski definition) is 4. The summed E-state index contributed by atoms with van der Waals surface area (Å²) in [7, 11) is 0. The molecule has 272 valence electrons. The molecule has 0 bridgehead atoms. The Bertz CT molecular complexity index is 1580. The van der Waals surface area contributed by atoms with E-state index in [1.165, 1.54) is 24.3 Å². The predicted octanol–water partition coefficient (Wildman–Crippen LogP) is 7.91. The first kappa shape index (κ1) is 45.9. The van der Waals surface area contributed by atoms with Crippen LogP contribution in [-0.4, -0.2) is 55.3 Å². The van der Waals surface area contributed by atoms with Gasteiger partial charge in [0.1, 0.15) is 0 Å². The van der Waals surface area contributed by atoms with E-state index in [-0.39, 0.29) is 11.0 Å². The van der Waals surface area contributed by atoms with Crippen molar-refractivity contribution in [1.82, 2.24) is 0 Å². The normalized spacial score (nSPS) is 10.9. The summed E-state index contributed by atoms with van der Waals surface area (Å²) in [6.07, 6.45) is 24.5. The van der Waals surface area contributed by atoms with E-state index in [0.29, 0.717) is 0 Å². The van der Waals surface area contributed by atoms with Crippen LogP contribution in [0.2, 0.25) is 0 Å². The van der Waals surface area contributed by atoms with Crippen molar-refractivity contribution in [3.8, 4) is 0 Å². The van der Waals surface area contributed by atoms with Crippen LogP contribution in [0.25, 0.3) is 24.3 Å². The third-order valence-corrected chi connectivity index (χ3v) is 5.75. The molecule has 0 spiro atoms. The van der Waals surface area contributed by atoms with Gasteiger partial charge in [-0.15, -0.1) is 0 Å². The van der Waals surface area contributed by atoms with Crippen molar-refractivity contribution in [2.45, 2.75) is 0 Å². The van der Waals surface area contributed by atoms with Crippen LogP contribution in [-0.2, 0) is 19.2 Å². The lowest BCUT2D eigenvalue weighted by Crippen LogP contribution is -1.84. The number of aliphatic carboxylic acids is 4. The number of rotatable bonds is 12. The average Bonchev–Trinajstić information content (AvgIpc) is 3.15. The number of benzene rings is 4. The summed E-state index contributed by atoms with van der Waals surface area (Å²) in [6.45, 7) is 0. The molecular formula is C44H44O8Si. The minimum atomic E-state index is -0.933. The van der Waals surface area contributed by atoms with Crippen molar-refractivity contribution in [2.24, 2.45) is 0 Å². The summed E-state index contributed by atoms with van der Waals surface area (Å²) in [4.78, 5) is 40.4. The topological polar surface area (TPSA) is 149 Å². The van der Waals surface area contributed by atoms with E-state index in [4.69, 9.17) is 20.4 Å². The van der Waals surface area contributed by atoms with Crippen LogP contribution in [0, 0.1) is 0 Å². The number of carbonyl (C=O) groups is 4. The zero-order chi connectivity index (χ0) is 38.1. The number of carboxylic acids is 4. The standard InChI is InChI=1S/4C11H10O2.H4Si/c4*12-11(13)9-5-4-8-10-6-2-1-3-7-10;/h4*1-9H,(H,12,13);1H4. The highest BCUT2D eigenvalue weighted by molar-refractivity contribution is 5.81. The Morgan fingerprint density at radius 1 is 0.302 bits per heavy atom. The van der Waals surface area contributed by atoms with Crippen molar-refractivity contribution < 1.29 is 39.6 Å². The van der Waals surface area contributed by atoms with Gasteiger partial charge in [-0.2, -0.15) is 0 Å². The van der Waals surface area contributed by atoms with Crippen LogP contribution in [0.3, 0.4) is 0 Å². The van der Waals surface area contributed by atoms with Crippen molar-refractivity contribution >= 4 is 59.1 Å². The molecule has 53 heavy (non-hydrogen) atoms. The summed E-state index contributed by atoms with van der Waals surface area (Å²) < 4.78 is 0. The lowest BCUT2D eigenvalue weighted by Gasteiger charge is -1.87. The molecule has 8 nitrogen and oxygen atoms in total. The molecule has 4 N–H and O–H groups in total. The van der Waals surface area contributed by atoms with Gasteiger partial charge < -0.3 is 20.4 Å². The highest BCUT2D eigenvalue weighted by Gasteiger charge is 1.85. The van der Waals surface area contributed by atoms with Crippen LogP contribution in [0.5, 0.6) is 0 Å². The van der Waals surface area contributed by atoms with Crippen molar-refractivity contribution in [3.05, 3.63) is 216 Å². The van der Waals surface area contributed by atoms with Gasteiger partial charge in [0.25, 0.3) is 0 Å². The van der Waals surface area contributed by atoms with Gasteiger partial charge >= 0.3 is 23.9 Å². The van der Waals surface area contributed by atoms with Crippen LogP contribution < -0.4 is 0 Å². The van der Waals surface area contributed by atoms with Gasteiger partial charge in [-0.3, -0.25) is 0 Å². The molecule has 9 heteroatoms. The van der Waals surface area contributed by atoms with Gasteiger partial charge in [0.2, 0.25) is 0 Å². The van der Waals surface area contributed by atoms with E-state index in [9.17, 15) is 19.2 Å². The molecule has 0 saturated heterocycles. The third kappa shape index (κ3) is 29.5. The molecular weight excluding hydrogens is 685 g/mol. The Morgan fingerprint density at radius 3 is 0.623 bits per heavy atom. The Hall–Kier alpha value is -7.10. The Balaban J connectivity index is 0.000000676. The SMILES string of the molecule is O=C(O)C=CC=Cc1ccccc1.O=C(O)C=CC=Cc1ccccc1.O=C(O)C=CC=Cc1ccccc1.O=C(O)C=CC=Cc1ccccc1.[SiH4]. The summed E-state index contributed by atoms with van der Waals surface area (Å²) in [5.41, 5.74) is 4.21. The average molecular weight is 729 g/mol. The molecule has 0 fully saturated rings. The van der Waals surface area contributed by atoms with Gasteiger partial charge in [0.15, 0.2) is 0 Å². The molecule has 0 aliphatic heterocycles. The molecule has 0 aliphatic carbocycles. The quantitative estimate of drug-likeness (QED) is 0.0654. The molecule has 0 atom stereocenters. The maximum absolute atomic E-state index is 10.1. The van der Waals surface area contributed by atoms with Crippen LogP contribution in [0.4, 0.5) is 0 Å². The van der Waals surface area contributed by atoms with Gasteiger partial charge in [0.05, 0.1) is 0 Å². The number of carboxylic acid groups (broad SMARTS) is 4. The Kier molecular flexibility index (Phi) is 26.8. The van der Waals surface area contributed by atoms with Crippen LogP contribution >= 0.6 is 0 Å². The Morgan fingerprint density at radius 2 is 0.472 bits per heavy atom. The van der Waals surface area contributed by atoms with Gasteiger partial charge in [-0.25, -0.2) is 19.2 Å². The summed E-state index contributed by atoms with van der Waals surface area (Å²) in [5, 5.41) is 33.2. The summed E-state index contributed by atoms with van der Waals surface area (Å²) in [5.74, 6) is -3.73. The second-order valence-electron chi connectivity index (χ2n) is 9.87. The lowest BCUT2D eigenvalue weighted by atomic mass is 10.2. The molecule has 0 saturated carbocycles. The molecule has 0 aliphatic rings. The van der Waals surface area contributed by atoms with Crippen molar-refractivity contribution in [2.75, 3.05) is 0 Å². The molecule has 4 aromatic rings. The predicted molar refractivity (Wildman–Crippen MR) is 220 cm³/mol. The van der Waals surface area contributed by atoms with Crippen molar-refractivity contribution in [3.63, 3.8) is 0 Å². The first-order chi connectivity index (χ1) is 25.2. The number of allylic oxidation sites excluding steroid dienone is 8. The van der Waals surface area contributed by atoms with E-state index in [2.05, 4.69) is 0 Å². The fourth-order valence-corrected chi connectivity index (χ4v) is 3.47. The van der Waals surface area contributed by atoms with Gasteiger partial charge in [0, 0.05) is 24.3 Å². The van der Waals surface area contributed by atoms with Gasteiger partial charge in [-0.1, -0.05) is 194 Å². The summed E-state index contributed by atoms with van der Waals surface area (Å²) in [6, 6.07) is 38.8. The van der Waals surface area contributed by atoms with E-state index in [1.807, 2.05) is 146 Å². The van der Waals surface area contributed by atoms with Crippen LogP contribution in [0.15, 0.2) is 194 Å². The fourth-order valence-electron chi connectivity index (χ4n) is 3.47. The first-order valence-electron chi connectivity index (χ1n) is 15.7. The highest BCUT2D eigenvalue weighted by Crippen LogP contribution is 2.03.